The van der Waals surface area contributed by atoms with E-state index >= 15 is 0 Å². The van der Waals surface area contributed by atoms with E-state index < -0.39 is 0 Å². The van der Waals surface area contributed by atoms with Crippen molar-refractivity contribution in [3.05, 3.63) is 0 Å². The second-order valence-electron chi connectivity index (χ2n) is 5.00. The quantitative estimate of drug-likeness (QED) is 0.573. The molecule has 16 heavy (non-hydrogen) atoms. The van der Waals surface area contributed by atoms with Gasteiger partial charge in [-0.2, -0.15) is 0 Å². The molecule has 0 aromatic heterocycles. The standard InChI is InChI=1S/C13H26N2O/c1-2-16-11-3-8-14-9-10-15(12-4-5-12)13-6-7-13/h12-14H,2-11H2,1H3. The first-order valence-corrected chi connectivity index (χ1v) is 6.96. The van der Waals surface area contributed by atoms with Gasteiger partial charge in [0.05, 0.1) is 0 Å². The monoisotopic (exact) mass is 226 g/mol. The van der Waals surface area contributed by atoms with E-state index in [1.807, 2.05) is 0 Å². The third-order valence-corrected chi connectivity index (χ3v) is 3.42. The highest BCUT2D eigenvalue weighted by Crippen LogP contribution is 2.36. The number of hydrogen-bond donors (Lipinski definition) is 1. The SMILES string of the molecule is CCOCCCNCCN(C1CC1)C1CC1. The highest BCUT2D eigenvalue weighted by atomic mass is 16.5. The van der Waals surface area contributed by atoms with Gasteiger partial charge in [-0.3, -0.25) is 4.90 Å². The van der Waals surface area contributed by atoms with Gasteiger partial charge in [0.15, 0.2) is 0 Å². The summed E-state index contributed by atoms with van der Waals surface area (Å²) in [6, 6.07) is 1.88. The van der Waals surface area contributed by atoms with Gasteiger partial charge < -0.3 is 10.1 Å². The molecule has 2 rings (SSSR count). The summed E-state index contributed by atoms with van der Waals surface area (Å²) < 4.78 is 5.31. The lowest BCUT2D eigenvalue weighted by molar-refractivity contribution is 0.144. The van der Waals surface area contributed by atoms with Gasteiger partial charge in [0.25, 0.3) is 0 Å². The Kier molecular flexibility index (Phi) is 5.07. The van der Waals surface area contributed by atoms with E-state index in [2.05, 4.69) is 17.1 Å². The normalized spacial score (nSPS) is 20.6. The van der Waals surface area contributed by atoms with Crippen LogP contribution in [0.2, 0.25) is 0 Å². The van der Waals surface area contributed by atoms with E-state index in [-0.39, 0.29) is 0 Å². The molecule has 0 atom stereocenters. The molecular weight excluding hydrogens is 200 g/mol. The average molecular weight is 226 g/mol. The highest BCUT2D eigenvalue weighted by Gasteiger charge is 2.38. The second kappa shape index (κ2) is 6.58. The third kappa shape index (κ3) is 4.40. The van der Waals surface area contributed by atoms with Gasteiger partial charge in [0.1, 0.15) is 0 Å². The summed E-state index contributed by atoms with van der Waals surface area (Å²) in [7, 11) is 0. The Morgan fingerprint density at radius 3 is 2.38 bits per heavy atom. The molecule has 0 aromatic carbocycles. The lowest BCUT2D eigenvalue weighted by Gasteiger charge is -2.21. The zero-order valence-corrected chi connectivity index (χ0v) is 10.6. The van der Waals surface area contributed by atoms with Crippen molar-refractivity contribution in [1.82, 2.24) is 10.2 Å². The molecule has 0 unspecified atom stereocenters. The smallest absolute Gasteiger partial charge is 0.0477 e. The van der Waals surface area contributed by atoms with Crippen molar-refractivity contribution in [2.45, 2.75) is 51.1 Å². The van der Waals surface area contributed by atoms with Crippen LogP contribution < -0.4 is 5.32 Å². The minimum absolute atomic E-state index is 0.844. The first kappa shape index (κ1) is 12.3. The molecule has 2 fully saturated rings. The largest absolute Gasteiger partial charge is 0.382 e. The Bertz CT molecular complexity index is 178. The van der Waals surface area contributed by atoms with Crippen molar-refractivity contribution in [1.29, 1.82) is 0 Å². The van der Waals surface area contributed by atoms with Crippen LogP contribution in [-0.2, 0) is 4.74 Å². The summed E-state index contributed by atoms with van der Waals surface area (Å²) in [4.78, 5) is 2.73. The second-order valence-corrected chi connectivity index (χ2v) is 5.00. The molecule has 0 saturated heterocycles. The first-order valence-electron chi connectivity index (χ1n) is 6.96. The van der Waals surface area contributed by atoms with Gasteiger partial charge in [-0.1, -0.05) is 0 Å². The first-order chi connectivity index (χ1) is 7.92. The molecule has 0 aromatic rings. The molecule has 2 saturated carbocycles. The topological polar surface area (TPSA) is 24.5 Å². The van der Waals surface area contributed by atoms with Crippen LogP contribution in [0.3, 0.4) is 0 Å². The molecule has 3 nitrogen and oxygen atoms in total. The molecule has 0 amide bonds. The number of hydrogen-bond acceptors (Lipinski definition) is 3. The van der Waals surface area contributed by atoms with E-state index in [1.54, 1.807) is 0 Å². The molecule has 3 heteroatoms. The van der Waals surface area contributed by atoms with Crippen molar-refractivity contribution in [3.8, 4) is 0 Å². The van der Waals surface area contributed by atoms with Crippen LogP contribution in [0.5, 0.6) is 0 Å². The summed E-state index contributed by atoms with van der Waals surface area (Å²) in [5.74, 6) is 0. The Hall–Kier alpha value is -0.120. The van der Waals surface area contributed by atoms with Crippen LogP contribution in [0, 0.1) is 0 Å². The number of nitrogens with one attached hydrogen (secondary N) is 1. The van der Waals surface area contributed by atoms with Gasteiger partial charge in [-0.25, -0.2) is 0 Å². The molecular formula is C13H26N2O. The minimum atomic E-state index is 0.844. The summed E-state index contributed by atoms with van der Waals surface area (Å²) in [6.45, 7) is 7.30. The van der Waals surface area contributed by atoms with Crippen LogP contribution in [-0.4, -0.2) is 49.8 Å². The summed E-state index contributed by atoms with van der Waals surface area (Å²) >= 11 is 0. The average Bonchev–Trinajstić information content (AvgIpc) is 3.16. The molecule has 0 bridgehead atoms. The molecule has 0 spiro atoms. The van der Waals surface area contributed by atoms with Gasteiger partial charge >= 0.3 is 0 Å². The summed E-state index contributed by atoms with van der Waals surface area (Å²) in [5.41, 5.74) is 0. The van der Waals surface area contributed by atoms with Crippen LogP contribution in [0.4, 0.5) is 0 Å². The maximum Gasteiger partial charge on any atom is 0.0477 e. The van der Waals surface area contributed by atoms with Gasteiger partial charge in [0.2, 0.25) is 0 Å². The number of ether oxygens (including phenoxy) is 1. The van der Waals surface area contributed by atoms with Crippen LogP contribution in [0.1, 0.15) is 39.0 Å². The fourth-order valence-electron chi connectivity index (χ4n) is 2.25. The molecule has 1 N–H and O–H groups in total. The van der Waals surface area contributed by atoms with Crippen LogP contribution >= 0.6 is 0 Å². The summed E-state index contributed by atoms with van der Waals surface area (Å²) in [5, 5.41) is 3.52. The zero-order valence-electron chi connectivity index (χ0n) is 10.6. The number of rotatable bonds is 10. The van der Waals surface area contributed by atoms with E-state index in [9.17, 15) is 0 Å². The van der Waals surface area contributed by atoms with E-state index in [0.717, 1.165) is 44.8 Å². The van der Waals surface area contributed by atoms with Gasteiger partial charge in [-0.05, 0) is 45.6 Å². The molecule has 2 aliphatic rings. The van der Waals surface area contributed by atoms with E-state index in [1.165, 1.54) is 32.2 Å². The van der Waals surface area contributed by atoms with Crippen molar-refractivity contribution in [2.24, 2.45) is 0 Å². The van der Waals surface area contributed by atoms with Crippen molar-refractivity contribution < 1.29 is 4.74 Å². The van der Waals surface area contributed by atoms with Crippen LogP contribution in [0.25, 0.3) is 0 Å². The van der Waals surface area contributed by atoms with Crippen molar-refractivity contribution in [3.63, 3.8) is 0 Å². The lowest BCUT2D eigenvalue weighted by atomic mass is 10.4. The van der Waals surface area contributed by atoms with Gasteiger partial charge in [0, 0.05) is 38.4 Å². The summed E-state index contributed by atoms with van der Waals surface area (Å²) in [6.07, 6.45) is 6.92. The Morgan fingerprint density at radius 2 is 1.81 bits per heavy atom. The Balaban J connectivity index is 1.44. The Labute approximate surface area is 99.5 Å². The maximum atomic E-state index is 5.31. The third-order valence-electron chi connectivity index (χ3n) is 3.42. The maximum absolute atomic E-state index is 5.31. The molecule has 94 valence electrons. The van der Waals surface area contributed by atoms with Gasteiger partial charge in [-0.15, -0.1) is 0 Å². The molecule has 0 aliphatic heterocycles. The van der Waals surface area contributed by atoms with Crippen LogP contribution in [0.15, 0.2) is 0 Å². The van der Waals surface area contributed by atoms with E-state index in [4.69, 9.17) is 4.74 Å². The number of nitrogens with zero attached hydrogens (tertiary/aromatic N) is 1. The Morgan fingerprint density at radius 1 is 1.12 bits per heavy atom. The van der Waals surface area contributed by atoms with E-state index in [0.29, 0.717) is 0 Å². The minimum Gasteiger partial charge on any atom is -0.382 e. The fraction of sp³-hybridized carbons (Fsp3) is 1.00. The van der Waals surface area contributed by atoms with Crippen molar-refractivity contribution >= 4 is 0 Å². The molecule has 2 aliphatic carbocycles. The zero-order chi connectivity index (χ0) is 11.2. The lowest BCUT2D eigenvalue weighted by Crippen LogP contribution is -2.35. The predicted octanol–water partition coefficient (Wildman–Crippen LogP) is 1.63. The predicted molar refractivity (Wildman–Crippen MR) is 66.7 cm³/mol. The highest BCUT2D eigenvalue weighted by molar-refractivity contribution is 4.94. The molecule has 0 heterocycles. The fourth-order valence-corrected chi connectivity index (χ4v) is 2.25. The molecule has 0 radical (unpaired) electrons. The van der Waals surface area contributed by atoms with Crippen molar-refractivity contribution in [2.75, 3.05) is 32.8 Å².